The van der Waals surface area contributed by atoms with Crippen LogP contribution < -0.4 is 0 Å². The summed E-state index contributed by atoms with van der Waals surface area (Å²) in [5.41, 5.74) is 2.72. The van der Waals surface area contributed by atoms with Gasteiger partial charge in [0.05, 0.1) is 0 Å². The number of fused-ring (bicyclic) bond motifs is 6. The van der Waals surface area contributed by atoms with E-state index in [2.05, 4.69) is 12.2 Å². The molecule has 2 heterocycles. The summed E-state index contributed by atoms with van der Waals surface area (Å²) in [6.07, 6.45) is 7.61. The van der Waals surface area contributed by atoms with E-state index in [1.54, 1.807) is 0 Å². The number of hydrogen-bond donors (Lipinski definition) is 0. The maximum Gasteiger partial charge on any atom is 0.234 e. The highest BCUT2D eigenvalue weighted by molar-refractivity contribution is 5.79. The van der Waals surface area contributed by atoms with Gasteiger partial charge >= 0.3 is 0 Å². The lowest BCUT2D eigenvalue weighted by atomic mass is 9.84. The molecule has 2 fully saturated rings. The van der Waals surface area contributed by atoms with Crippen molar-refractivity contribution in [1.29, 1.82) is 0 Å². The predicted octanol–water partition coefficient (Wildman–Crippen LogP) is 3.16. The van der Waals surface area contributed by atoms with Crippen molar-refractivity contribution in [2.24, 2.45) is 0 Å². The zero-order valence-corrected chi connectivity index (χ0v) is 12.6. The van der Waals surface area contributed by atoms with Crippen LogP contribution in [0.5, 0.6) is 0 Å². The van der Waals surface area contributed by atoms with Crippen LogP contribution in [-0.4, -0.2) is 23.8 Å². The summed E-state index contributed by atoms with van der Waals surface area (Å²) in [6, 6.07) is 0. The van der Waals surface area contributed by atoms with E-state index in [9.17, 15) is 4.79 Å². The van der Waals surface area contributed by atoms with Crippen LogP contribution in [0.4, 0.5) is 0 Å². The second kappa shape index (κ2) is 6.01. The van der Waals surface area contributed by atoms with Gasteiger partial charge in [0.15, 0.2) is 0 Å². The van der Waals surface area contributed by atoms with Gasteiger partial charge < -0.3 is 0 Å². The van der Waals surface area contributed by atoms with Crippen LogP contribution in [0.25, 0.3) is 0 Å². The van der Waals surface area contributed by atoms with Gasteiger partial charge in [0.1, 0.15) is 18.0 Å². The normalized spacial score (nSPS) is 33.3. The van der Waals surface area contributed by atoms with Crippen molar-refractivity contribution in [3.63, 3.8) is 0 Å². The third kappa shape index (κ3) is 3.61. The summed E-state index contributed by atoms with van der Waals surface area (Å²) in [7, 11) is 0. The number of ketones is 1. The van der Waals surface area contributed by atoms with Crippen LogP contribution in [0, 0.1) is 0 Å². The van der Waals surface area contributed by atoms with Crippen LogP contribution in [-0.2, 0) is 24.3 Å². The summed E-state index contributed by atoms with van der Waals surface area (Å²) < 4.78 is 0. The summed E-state index contributed by atoms with van der Waals surface area (Å²) >= 11 is 0. The molecule has 2 bridgehead atoms. The van der Waals surface area contributed by atoms with E-state index in [0.29, 0.717) is 25.7 Å². The first-order valence-corrected chi connectivity index (χ1v) is 7.64. The fourth-order valence-corrected chi connectivity index (χ4v) is 2.90. The Balaban J connectivity index is 1.73. The molecule has 5 nitrogen and oxygen atoms in total. The van der Waals surface area contributed by atoms with Crippen molar-refractivity contribution in [2.45, 2.75) is 70.4 Å². The second-order valence-corrected chi connectivity index (χ2v) is 6.22. The monoisotopic (exact) mass is 294 g/mol. The maximum absolute atomic E-state index is 11.4. The molecule has 0 radical (unpaired) electrons. The standard InChI is InChI=1S/C16H22O5/c1-11-7-13-9-14(10-13)8-12(2)19-21-16(20-18-11)5-3-15(17)4-6-16/h7-8,11-12H,3-6,9-10H2,1-2H3. The Hall–Kier alpha value is -1.01. The van der Waals surface area contributed by atoms with E-state index in [1.807, 2.05) is 13.8 Å². The predicted molar refractivity (Wildman–Crippen MR) is 74.9 cm³/mol. The third-order valence-electron chi connectivity index (χ3n) is 4.12. The number of rotatable bonds is 0. The summed E-state index contributed by atoms with van der Waals surface area (Å²) in [6.45, 7) is 3.87. The molecule has 116 valence electrons. The van der Waals surface area contributed by atoms with Crippen molar-refractivity contribution in [3.8, 4) is 0 Å². The van der Waals surface area contributed by atoms with Gasteiger partial charge in [0.2, 0.25) is 5.79 Å². The van der Waals surface area contributed by atoms with E-state index >= 15 is 0 Å². The Labute approximate surface area is 124 Å². The topological polar surface area (TPSA) is 54.0 Å². The van der Waals surface area contributed by atoms with Gasteiger partial charge in [-0.3, -0.25) is 4.79 Å². The van der Waals surface area contributed by atoms with Crippen LogP contribution in [0.3, 0.4) is 0 Å². The number of carbonyl (C=O) groups excluding carboxylic acids is 1. The van der Waals surface area contributed by atoms with Crippen LogP contribution in [0.2, 0.25) is 0 Å². The Morgan fingerprint density at radius 2 is 1.43 bits per heavy atom. The smallest absolute Gasteiger partial charge is 0.234 e. The summed E-state index contributed by atoms with van der Waals surface area (Å²) in [4.78, 5) is 33.5. The van der Waals surface area contributed by atoms with Gasteiger partial charge in [-0.25, -0.2) is 9.78 Å². The number of Topliss-reactive ketones (excluding diaryl/α,β-unsaturated/α-hetero) is 1. The highest BCUT2D eigenvalue weighted by atomic mass is 17.3. The minimum absolute atomic E-state index is 0.142. The first kappa shape index (κ1) is 14.9. The summed E-state index contributed by atoms with van der Waals surface area (Å²) in [5.74, 6) is -0.748. The molecule has 0 saturated heterocycles. The number of carbonyl (C=O) groups is 1. The highest BCUT2D eigenvalue weighted by Crippen LogP contribution is 2.36. The van der Waals surface area contributed by atoms with Gasteiger partial charge in [0.25, 0.3) is 0 Å². The van der Waals surface area contributed by atoms with Gasteiger partial charge in [-0.1, -0.05) is 23.3 Å². The van der Waals surface area contributed by atoms with Gasteiger partial charge in [-0.15, -0.1) is 0 Å². The van der Waals surface area contributed by atoms with Crippen LogP contribution in [0.1, 0.15) is 52.4 Å². The molecule has 0 amide bonds. The molecule has 1 spiro atoms. The molecule has 2 atom stereocenters. The molecular formula is C16H22O5. The molecule has 2 unspecified atom stereocenters. The lowest BCUT2D eigenvalue weighted by molar-refractivity contribution is -0.524. The molecule has 2 aliphatic heterocycles. The molecule has 21 heavy (non-hydrogen) atoms. The lowest BCUT2D eigenvalue weighted by Crippen LogP contribution is -2.42. The average Bonchev–Trinajstić information content (AvgIpc) is 2.42. The van der Waals surface area contributed by atoms with Gasteiger partial charge in [-0.2, -0.15) is 9.78 Å². The van der Waals surface area contributed by atoms with E-state index in [0.717, 1.165) is 12.8 Å². The number of allylic oxidation sites excluding steroid dienone is 2. The zero-order valence-electron chi connectivity index (χ0n) is 12.6. The average molecular weight is 294 g/mol. The van der Waals surface area contributed by atoms with Crippen molar-refractivity contribution in [2.75, 3.05) is 0 Å². The third-order valence-corrected chi connectivity index (χ3v) is 4.12. The molecule has 0 aromatic rings. The van der Waals surface area contributed by atoms with E-state index < -0.39 is 5.79 Å². The Kier molecular flexibility index (Phi) is 4.26. The molecule has 4 rings (SSSR count). The van der Waals surface area contributed by atoms with Crippen LogP contribution >= 0.6 is 0 Å². The van der Waals surface area contributed by atoms with Gasteiger partial charge in [0, 0.05) is 25.7 Å². The highest BCUT2D eigenvalue weighted by Gasteiger charge is 2.41. The molecular weight excluding hydrogens is 272 g/mol. The van der Waals surface area contributed by atoms with Crippen molar-refractivity contribution >= 4 is 5.78 Å². The first-order chi connectivity index (χ1) is 10.0. The largest absolute Gasteiger partial charge is 0.300 e. The van der Waals surface area contributed by atoms with Crippen molar-refractivity contribution in [1.82, 2.24) is 0 Å². The summed E-state index contributed by atoms with van der Waals surface area (Å²) in [5, 5.41) is 0. The molecule has 5 heteroatoms. The Morgan fingerprint density at radius 1 is 0.952 bits per heavy atom. The molecule has 2 aliphatic carbocycles. The molecule has 4 aliphatic rings. The quantitative estimate of drug-likeness (QED) is 0.507. The SMILES string of the molecule is CC1C=C2CC(=CC(C)OOC3(CCC(=O)CC3)OO1)C2. The first-order valence-electron chi connectivity index (χ1n) is 7.64. The molecule has 0 aromatic carbocycles. The van der Waals surface area contributed by atoms with Crippen molar-refractivity contribution in [3.05, 3.63) is 23.3 Å². The molecule has 2 saturated carbocycles. The Bertz CT molecular complexity index is 429. The fourth-order valence-electron chi connectivity index (χ4n) is 2.90. The maximum atomic E-state index is 11.4. The molecule has 0 aromatic heterocycles. The minimum Gasteiger partial charge on any atom is -0.300 e. The zero-order chi connectivity index (χ0) is 14.9. The van der Waals surface area contributed by atoms with Crippen molar-refractivity contribution < 1.29 is 24.3 Å². The van der Waals surface area contributed by atoms with Crippen LogP contribution in [0.15, 0.2) is 23.3 Å². The number of hydrogen-bond acceptors (Lipinski definition) is 5. The molecule has 0 N–H and O–H groups in total. The van der Waals surface area contributed by atoms with Gasteiger partial charge in [-0.05, 0) is 26.7 Å². The van der Waals surface area contributed by atoms with E-state index in [4.69, 9.17) is 19.6 Å². The lowest BCUT2D eigenvalue weighted by Gasteiger charge is -2.35. The fraction of sp³-hybridized carbons (Fsp3) is 0.688. The Morgan fingerprint density at radius 3 is 1.90 bits per heavy atom. The second-order valence-electron chi connectivity index (χ2n) is 6.22. The van der Waals surface area contributed by atoms with E-state index in [-0.39, 0.29) is 18.0 Å². The minimum atomic E-state index is -0.975. The van der Waals surface area contributed by atoms with E-state index in [1.165, 1.54) is 11.1 Å².